The number of amides is 1. The Bertz CT molecular complexity index is 516. The third-order valence-corrected chi connectivity index (χ3v) is 3.93. The van der Waals surface area contributed by atoms with Gasteiger partial charge in [-0.3, -0.25) is 14.9 Å². The van der Waals surface area contributed by atoms with Gasteiger partial charge in [0.05, 0.1) is 0 Å². The second-order valence-corrected chi connectivity index (χ2v) is 7.05. The summed E-state index contributed by atoms with van der Waals surface area (Å²) in [4.78, 5) is 25.0. The van der Waals surface area contributed by atoms with E-state index in [1.54, 1.807) is 41.5 Å². The van der Waals surface area contributed by atoms with E-state index in [4.69, 9.17) is 4.74 Å². The minimum absolute atomic E-state index is 0.363. The molecule has 7 heteroatoms. The molecule has 0 aliphatic rings. The summed E-state index contributed by atoms with van der Waals surface area (Å²) in [5, 5.41) is 11.5. The van der Waals surface area contributed by atoms with Crippen molar-refractivity contribution < 1.29 is 14.3 Å². The van der Waals surface area contributed by atoms with E-state index in [0.29, 0.717) is 18.0 Å². The average Bonchev–Trinajstić information content (AvgIpc) is 2.74. The molecule has 0 saturated heterocycles. The number of aromatic nitrogens is 2. The van der Waals surface area contributed by atoms with E-state index in [9.17, 15) is 9.59 Å². The predicted octanol–water partition coefficient (Wildman–Crippen LogP) is 2.93. The minimum Gasteiger partial charge on any atom is -0.459 e. The van der Waals surface area contributed by atoms with E-state index in [1.807, 2.05) is 0 Å². The number of ether oxygens (including phenoxy) is 1. The summed E-state index contributed by atoms with van der Waals surface area (Å²) >= 11 is 1.27. The highest BCUT2D eigenvalue weighted by molar-refractivity contribution is 7.15. The van der Waals surface area contributed by atoms with Crippen molar-refractivity contribution in [2.24, 2.45) is 5.41 Å². The monoisotopic (exact) mass is 313 g/mol. The topological polar surface area (TPSA) is 81.2 Å². The number of carbonyl (C=O) groups excluding carboxylic acids is 2. The molecule has 0 radical (unpaired) electrons. The maximum absolute atomic E-state index is 12.6. The van der Waals surface area contributed by atoms with Crippen LogP contribution in [-0.4, -0.2) is 27.7 Å². The summed E-state index contributed by atoms with van der Waals surface area (Å²) < 4.78 is 5.42. The lowest BCUT2D eigenvalue weighted by atomic mass is 9.81. The molecule has 1 aromatic heterocycles. The van der Waals surface area contributed by atoms with Gasteiger partial charge < -0.3 is 4.74 Å². The largest absolute Gasteiger partial charge is 0.459 e. The lowest BCUT2D eigenvalue weighted by molar-refractivity contribution is -0.170. The van der Waals surface area contributed by atoms with Crippen molar-refractivity contribution >= 4 is 28.3 Å². The van der Waals surface area contributed by atoms with Gasteiger partial charge in [0.1, 0.15) is 16.0 Å². The van der Waals surface area contributed by atoms with E-state index in [-0.39, 0.29) is 0 Å². The number of esters is 1. The van der Waals surface area contributed by atoms with Gasteiger partial charge in [0, 0.05) is 0 Å². The summed E-state index contributed by atoms with van der Waals surface area (Å²) in [6.45, 7) is 10.8. The van der Waals surface area contributed by atoms with Crippen LogP contribution in [0.25, 0.3) is 0 Å². The molecule has 6 nitrogen and oxygen atoms in total. The van der Waals surface area contributed by atoms with E-state index < -0.39 is 22.9 Å². The number of nitrogens with zero attached hydrogens (tertiary/aromatic N) is 2. The molecule has 0 aliphatic heterocycles. The van der Waals surface area contributed by atoms with Gasteiger partial charge in [0.2, 0.25) is 11.0 Å². The number of hydrogen-bond donors (Lipinski definition) is 1. The first-order chi connectivity index (χ1) is 9.64. The van der Waals surface area contributed by atoms with Crippen LogP contribution in [0.5, 0.6) is 0 Å². The molecular formula is C14H23N3O3S. The van der Waals surface area contributed by atoms with Gasteiger partial charge in [0.25, 0.3) is 0 Å². The maximum atomic E-state index is 12.6. The number of aryl methyl sites for hydroxylation is 1. The first kappa shape index (κ1) is 17.6. The van der Waals surface area contributed by atoms with Crippen molar-refractivity contribution in [3.05, 3.63) is 5.01 Å². The highest BCUT2D eigenvalue weighted by Crippen LogP contribution is 2.32. The summed E-state index contributed by atoms with van der Waals surface area (Å²) in [5.74, 6) is -0.892. The van der Waals surface area contributed by atoms with Crippen LogP contribution in [0, 0.1) is 12.3 Å². The first-order valence-corrected chi connectivity index (χ1v) is 7.81. The molecule has 1 aromatic rings. The van der Waals surface area contributed by atoms with Gasteiger partial charge >= 0.3 is 5.97 Å². The molecule has 0 aromatic carbocycles. The fraction of sp³-hybridized carbons (Fsp3) is 0.714. The van der Waals surface area contributed by atoms with Crippen molar-refractivity contribution in [1.29, 1.82) is 0 Å². The third kappa shape index (κ3) is 4.23. The first-order valence-electron chi connectivity index (χ1n) is 6.99. The van der Waals surface area contributed by atoms with Crippen LogP contribution in [0.4, 0.5) is 5.13 Å². The second kappa shape index (κ2) is 6.51. The number of nitrogens with one attached hydrogen (secondary N) is 1. The smallest absolute Gasteiger partial charge is 0.322 e. The number of anilines is 1. The Balaban J connectivity index is 2.98. The Labute approximate surface area is 129 Å². The second-order valence-electron chi connectivity index (χ2n) is 5.87. The van der Waals surface area contributed by atoms with Crippen molar-refractivity contribution in [2.75, 3.05) is 5.32 Å². The maximum Gasteiger partial charge on any atom is 0.322 e. The minimum atomic E-state index is -1.20. The van der Waals surface area contributed by atoms with E-state index in [1.165, 1.54) is 11.3 Å². The van der Waals surface area contributed by atoms with Crippen LogP contribution in [-0.2, 0) is 14.3 Å². The number of hydrogen-bond acceptors (Lipinski definition) is 6. The van der Waals surface area contributed by atoms with Gasteiger partial charge in [-0.25, -0.2) is 0 Å². The molecule has 0 bridgehead atoms. The van der Waals surface area contributed by atoms with Gasteiger partial charge in [-0.1, -0.05) is 25.2 Å². The molecule has 1 rings (SSSR count). The van der Waals surface area contributed by atoms with Gasteiger partial charge in [0.15, 0.2) is 0 Å². The number of rotatable bonds is 5. The summed E-state index contributed by atoms with van der Waals surface area (Å²) in [6, 6.07) is 0. The van der Waals surface area contributed by atoms with Gasteiger partial charge in [-0.2, -0.15) is 0 Å². The molecule has 1 heterocycles. The molecule has 0 aliphatic carbocycles. The molecule has 0 unspecified atom stereocenters. The standard InChI is InChI=1S/C14H23N3O3S/c1-7-14(8-2,11(19)20-13(4,5)6)10(18)15-12-17-16-9(3)21-12/h7-8H2,1-6H3,(H,15,17,18). The van der Waals surface area contributed by atoms with E-state index in [2.05, 4.69) is 15.5 Å². The molecule has 1 N–H and O–H groups in total. The van der Waals surface area contributed by atoms with Crippen molar-refractivity contribution in [3.63, 3.8) is 0 Å². The van der Waals surface area contributed by atoms with Crippen molar-refractivity contribution in [1.82, 2.24) is 10.2 Å². The van der Waals surface area contributed by atoms with Crippen molar-refractivity contribution in [3.8, 4) is 0 Å². The third-order valence-electron chi connectivity index (χ3n) is 3.18. The van der Waals surface area contributed by atoms with E-state index >= 15 is 0 Å². The molecule has 118 valence electrons. The molecule has 0 spiro atoms. The normalized spacial score (nSPS) is 12.1. The van der Waals surface area contributed by atoms with Crippen LogP contribution in [0.2, 0.25) is 0 Å². The zero-order valence-corrected chi connectivity index (χ0v) is 14.3. The SMILES string of the molecule is CCC(CC)(C(=O)Nc1nnc(C)s1)C(=O)OC(C)(C)C. The molecular weight excluding hydrogens is 290 g/mol. The summed E-state index contributed by atoms with van der Waals surface area (Å²) in [7, 11) is 0. The zero-order chi connectivity index (χ0) is 16.3. The molecule has 0 fully saturated rings. The average molecular weight is 313 g/mol. The fourth-order valence-corrected chi connectivity index (χ4v) is 2.48. The summed E-state index contributed by atoms with van der Waals surface area (Å²) in [6.07, 6.45) is 0.726. The highest BCUT2D eigenvalue weighted by Gasteiger charge is 2.45. The highest BCUT2D eigenvalue weighted by atomic mass is 32.1. The van der Waals surface area contributed by atoms with Crippen LogP contribution < -0.4 is 5.32 Å². The van der Waals surface area contributed by atoms with Gasteiger partial charge in [-0.15, -0.1) is 10.2 Å². The Hall–Kier alpha value is -1.50. The van der Waals surface area contributed by atoms with Gasteiger partial charge in [-0.05, 0) is 40.5 Å². The van der Waals surface area contributed by atoms with Crippen LogP contribution in [0.1, 0.15) is 52.5 Å². The van der Waals surface area contributed by atoms with Crippen LogP contribution in [0.3, 0.4) is 0 Å². The Morgan fingerprint density at radius 1 is 1.19 bits per heavy atom. The van der Waals surface area contributed by atoms with Crippen LogP contribution in [0.15, 0.2) is 0 Å². The van der Waals surface area contributed by atoms with E-state index in [0.717, 1.165) is 5.01 Å². The lowest BCUT2D eigenvalue weighted by Gasteiger charge is -2.31. The zero-order valence-electron chi connectivity index (χ0n) is 13.4. The number of carbonyl (C=O) groups is 2. The fourth-order valence-electron chi connectivity index (χ4n) is 1.89. The quantitative estimate of drug-likeness (QED) is 0.667. The predicted molar refractivity (Wildman–Crippen MR) is 82.1 cm³/mol. The Kier molecular flexibility index (Phi) is 5.44. The molecule has 1 amide bonds. The summed E-state index contributed by atoms with van der Waals surface area (Å²) in [5.41, 5.74) is -1.83. The van der Waals surface area contributed by atoms with Crippen LogP contribution >= 0.6 is 11.3 Å². The lowest BCUT2D eigenvalue weighted by Crippen LogP contribution is -2.45. The Morgan fingerprint density at radius 3 is 2.14 bits per heavy atom. The Morgan fingerprint density at radius 2 is 1.76 bits per heavy atom. The molecule has 0 atom stereocenters. The molecule has 21 heavy (non-hydrogen) atoms. The van der Waals surface area contributed by atoms with Crippen molar-refractivity contribution in [2.45, 2.75) is 60.0 Å². The molecule has 0 saturated carbocycles.